The largest absolute Gasteiger partial charge is 0.493 e. The van der Waals surface area contributed by atoms with E-state index in [1.54, 1.807) is 42.5 Å². The third kappa shape index (κ3) is 5.75. The molecule has 0 saturated heterocycles. The molecule has 27 heavy (non-hydrogen) atoms. The van der Waals surface area contributed by atoms with Crippen LogP contribution < -0.4 is 19.7 Å². The Morgan fingerprint density at radius 2 is 1.78 bits per heavy atom. The highest BCUT2D eigenvalue weighted by molar-refractivity contribution is 5.91. The summed E-state index contributed by atoms with van der Waals surface area (Å²) in [5, 5.41) is 11.6. The minimum Gasteiger partial charge on any atom is -0.493 e. The monoisotopic (exact) mass is 367 g/mol. The van der Waals surface area contributed by atoms with Crippen LogP contribution in [-0.2, 0) is 9.59 Å². The zero-order valence-corrected chi connectivity index (χ0v) is 15.3. The van der Waals surface area contributed by atoms with Crippen molar-refractivity contribution in [3.8, 4) is 17.6 Å². The molecule has 0 bridgehead atoms. The van der Waals surface area contributed by atoms with Gasteiger partial charge in [0.1, 0.15) is 0 Å². The lowest BCUT2D eigenvalue weighted by molar-refractivity contribution is -0.123. The molecular weight excluding hydrogens is 346 g/mol. The van der Waals surface area contributed by atoms with Crippen LogP contribution in [0.15, 0.2) is 48.5 Å². The Bertz CT molecular complexity index is 828. The third-order valence-electron chi connectivity index (χ3n) is 3.77. The topological polar surface area (TPSA) is 91.7 Å². The van der Waals surface area contributed by atoms with Gasteiger partial charge in [-0.25, -0.2) is 0 Å². The van der Waals surface area contributed by atoms with Crippen LogP contribution in [0.1, 0.15) is 12.5 Å². The molecule has 2 aromatic carbocycles. The molecule has 0 aliphatic carbocycles. The number of methoxy groups -OCH3 is 1. The lowest BCUT2D eigenvalue weighted by Gasteiger charge is -2.21. The Morgan fingerprint density at radius 3 is 2.37 bits per heavy atom. The van der Waals surface area contributed by atoms with Crippen LogP contribution in [0.3, 0.4) is 0 Å². The number of amides is 2. The minimum absolute atomic E-state index is 0.153. The van der Waals surface area contributed by atoms with Crippen molar-refractivity contribution in [3.63, 3.8) is 0 Å². The lowest BCUT2D eigenvalue weighted by atomic mass is 10.2. The van der Waals surface area contributed by atoms with Gasteiger partial charge in [0.15, 0.2) is 18.1 Å². The van der Waals surface area contributed by atoms with Gasteiger partial charge in [0.2, 0.25) is 5.91 Å². The highest BCUT2D eigenvalue weighted by atomic mass is 16.5. The molecule has 1 N–H and O–H groups in total. The average molecular weight is 367 g/mol. The summed E-state index contributed by atoms with van der Waals surface area (Å²) < 4.78 is 10.6. The molecule has 0 radical (unpaired) electrons. The molecule has 140 valence electrons. The fraction of sp³-hybridized carbons (Fsp3) is 0.250. The van der Waals surface area contributed by atoms with E-state index in [2.05, 4.69) is 5.32 Å². The van der Waals surface area contributed by atoms with E-state index in [0.717, 1.165) is 0 Å². The van der Waals surface area contributed by atoms with Crippen molar-refractivity contribution in [3.05, 3.63) is 54.1 Å². The second-order valence-corrected chi connectivity index (χ2v) is 5.62. The highest BCUT2D eigenvalue weighted by Crippen LogP contribution is 2.25. The maximum Gasteiger partial charge on any atom is 0.258 e. The van der Waals surface area contributed by atoms with Crippen LogP contribution in [0.5, 0.6) is 11.5 Å². The maximum atomic E-state index is 12.0. The summed E-state index contributed by atoms with van der Waals surface area (Å²) in [7, 11) is 1.53. The summed E-state index contributed by atoms with van der Waals surface area (Å²) in [6, 6.07) is 15.8. The number of anilines is 1. The van der Waals surface area contributed by atoms with Gasteiger partial charge in [-0.05, 0) is 36.4 Å². The van der Waals surface area contributed by atoms with E-state index in [4.69, 9.17) is 14.7 Å². The van der Waals surface area contributed by atoms with Gasteiger partial charge in [0.05, 0.1) is 18.7 Å². The van der Waals surface area contributed by atoms with E-state index in [0.29, 0.717) is 29.3 Å². The Morgan fingerprint density at radius 1 is 1.11 bits per heavy atom. The van der Waals surface area contributed by atoms with Crippen LogP contribution in [0.4, 0.5) is 5.69 Å². The number of carbonyl (C=O) groups excluding carboxylic acids is 2. The van der Waals surface area contributed by atoms with E-state index in [-0.39, 0.29) is 25.0 Å². The number of carbonyl (C=O) groups is 2. The molecular formula is C20H21N3O4. The van der Waals surface area contributed by atoms with Crippen molar-refractivity contribution < 1.29 is 19.1 Å². The lowest BCUT2D eigenvalue weighted by Crippen LogP contribution is -2.39. The molecule has 0 aliphatic heterocycles. The van der Waals surface area contributed by atoms with Crippen molar-refractivity contribution in [2.45, 2.75) is 6.92 Å². The SMILES string of the molecule is COc1ccccc1OCC(=O)NCCN(C(C)=O)c1ccc(C#N)cc1. The average Bonchev–Trinajstić information content (AvgIpc) is 2.69. The molecule has 0 saturated carbocycles. The van der Waals surface area contributed by atoms with Crippen molar-refractivity contribution in [2.75, 3.05) is 31.7 Å². The summed E-state index contributed by atoms with van der Waals surface area (Å²) >= 11 is 0. The summed E-state index contributed by atoms with van der Waals surface area (Å²) in [6.07, 6.45) is 0. The first-order valence-electron chi connectivity index (χ1n) is 8.36. The molecule has 2 aromatic rings. The first-order chi connectivity index (χ1) is 13.0. The Hall–Kier alpha value is -3.53. The number of ether oxygens (including phenoxy) is 2. The number of nitriles is 1. The zero-order valence-electron chi connectivity index (χ0n) is 15.3. The number of nitrogens with zero attached hydrogens (tertiary/aromatic N) is 2. The van der Waals surface area contributed by atoms with Gasteiger partial charge in [0, 0.05) is 25.7 Å². The van der Waals surface area contributed by atoms with Crippen LogP contribution in [0.2, 0.25) is 0 Å². The molecule has 0 aromatic heterocycles. The molecule has 0 atom stereocenters. The van der Waals surface area contributed by atoms with Crippen molar-refractivity contribution in [1.82, 2.24) is 5.32 Å². The van der Waals surface area contributed by atoms with Gasteiger partial charge in [-0.2, -0.15) is 5.26 Å². The summed E-state index contributed by atoms with van der Waals surface area (Å²) in [4.78, 5) is 25.4. The number of nitrogens with one attached hydrogen (secondary N) is 1. The molecule has 7 nitrogen and oxygen atoms in total. The summed E-state index contributed by atoms with van der Waals surface area (Å²) in [6.45, 7) is 1.87. The first kappa shape index (κ1) is 19.8. The Balaban J connectivity index is 1.84. The summed E-state index contributed by atoms with van der Waals surface area (Å²) in [5.74, 6) is 0.579. The fourth-order valence-corrected chi connectivity index (χ4v) is 2.42. The third-order valence-corrected chi connectivity index (χ3v) is 3.77. The summed E-state index contributed by atoms with van der Waals surface area (Å²) in [5.41, 5.74) is 1.19. The predicted molar refractivity (Wildman–Crippen MR) is 101 cm³/mol. The van der Waals surface area contributed by atoms with Gasteiger partial charge in [-0.15, -0.1) is 0 Å². The van der Waals surface area contributed by atoms with Gasteiger partial charge >= 0.3 is 0 Å². The van der Waals surface area contributed by atoms with Crippen molar-refractivity contribution in [2.24, 2.45) is 0 Å². The van der Waals surface area contributed by atoms with Crippen molar-refractivity contribution >= 4 is 17.5 Å². The maximum absolute atomic E-state index is 12.0. The molecule has 7 heteroatoms. The number of para-hydroxylation sites is 2. The highest BCUT2D eigenvalue weighted by Gasteiger charge is 2.12. The number of hydrogen-bond acceptors (Lipinski definition) is 5. The Kier molecular flexibility index (Phi) is 7.20. The number of rotatable bonds is 8. The standard InChI is InChI=1S/C20H21N3O4/c1-15(24)23(17-9-7-16(13-21)8-10-17)12-11-22-20(25)14-27-19-6-4-3-5-18(19)26-2/h3-10H,11-12,14H2,1-2H3,(H,22,25). The van der Waals surface area contributed by atoms with E-state index >= 15 is 0 Å². The zero-order chi connectivity index (χ0) is 19.6. The number of benzene rings is 2. The molecule has 0 aliphatic rings. The minimum atomic E-state index is -0.302. The van der Waals surface area contributed by atoms with E-state index in [1.165, 1.54) is 18.9 Å². The van der Waals surface area contributed by atoms with E-state index < -0.39 is 0 Å². The van der Waals surface area contributed by atoms with E-state index in [9.17, 15) is 9.59 Å². The fourth-order valence-electron chi connectivity index (χ4n) is 2.42. The molecule has 0 fully saturated rings. The van der Waals surface area contributed by atoms with Gasteiger partial charge in [0.25, 0.3) is 5.91 Å². The van der Waals surface area contributed by atoms with Gasteiger partial charge in [-0.1, -0.05) is 12.1 Å². The quantitative estimate of drug-likeness (QED) is 0.772. The van der Waals surface area contributed by atoms with Crippen LogP contribution >= 0.6 is 0 Å². The normalized spacial score (nSPS) is 9.81. The van der Waals surface area contributed by atoms with E-state index in [1.807, 2.05) is 12.1 Å². The van der Waals surface area contributed by atoms with Crippen LogP contribution in [0, 0.1) is 11.3 Å². The number of hydrogen-bond donors (Lipinski definition) is 1. The molecule has 2 rings (SSSR count). The smallest absolute Gasteiger partial charge is 0.258 e. The molecule has 0 unspecified atom stereocenters. The Labute approximate surface area is 158 Å². The molecule has 0 heterocycles. The molecule has 2 amide bonds. The second-order valence-electron chi connectivity index (χ2n) is 5.62. The van der Waals surface area contributed by atoms with Crippen LogP contribution in [-0.4, -0.2) is 38.6 Å². The predicted octanol–water partition coefficient (Wildman–Crippen LogP) is 2.11. The van der Waals surface area contributed by atoms with Crippen molar-refractivity contribution in [1.29, 1.82) is 5.26 Å². The molecule has 0 spiro atoms. The van der Waals surface area contributed by atoms with Gasteiger partial charge in [-0.3, -0.25) is 9.59 Å². The first-order valence-corrected chi connectivity index (χ1v) is 8.36. The second kappa shape index (κ2) is 9.82. The van der Waals surface area contributed by atoms with Crippen LogP contribution in [0.25, 0.3) is 0 Å². The van der Waals surface area contributed by atoms with Gasteiger partial charge < -0.3 is 19.7 Å².